The van der Waals surface area contributed by atoms with Gasteiger partial charge in [0.15, 0.2) is 0 Å². The van der Waals surface area contributed by atoms with E-state index in [1.807, 2.05) is 42.5 Å². The molecule has 0 aromatic heterocycles. The largest absolute Gasteiger partial charge is 0.445 e. The second kappa shape index (κ2) is 10.5. The summed E-state index contributed by atoms with van der Waals surface area (Å²) < 4.78 is 5.14. The van der Waals surface area contributed by atoms with Crippen LogP contribution in [0.3, 0.4) is 0 Å². The summed E-state index contributed by atoms with van der Waals surface area (Å²) in [7, 11) is 0. The fourth-order valence-electron chi connectivity index (χ4n) is 3.36. The van der Waals surface area contributed by atoms with Gasteiger partial charge in [-0.05, 0) is 48.6 Å². The van der Waals surface area contributed by atoms with Gasteiger partial charge < -0.3 is 20.3 Å². The number of benzene rings is 2. The summed E-state index contributed by atoms with van der Waals surface area (Å²) in [5.41, 5.74) is 2.93. The normalized spacial score (nSPS) is 15.8. The van der Waals surface area contributed by atoms with Crippen molar-refractivity contribution < 1.29 is 14.3 Å². The van der Waals surface area contributed by atoms with Gasteiger partial charge in [-0.3, -0.25) is 4.79 Å². The van der Waals surface area contributed by atoms with Crippen LogP contribution in [0.1, 0.15) is 31.7 Å². The zero-order valence-corrected chi connectivity index (χ0v) is 16.9. The number of alkyl carbamates (subject to hydrolysis) is 1. The molecule has 6 heteroatoms. The third kappa shape index (κ3) is 6.82. The Kier molecular flexibility index (Phi) is 7.50. The lowest BCUT2D eigenvalue weighted by atomic mass is 10.2. The van der Waals surface area contributed by atoms with Gasteiger partial charge in [-0.15, -0.1) is 0 Å². The van der Waals surface area contributed by atoms with Gasteiger partial charge in [0.2, 0.25) is 5.91 Å². The maximum atomic E-state index is 12.1. The van der Waals surface area contributed by atoms with Crippen LogP contribution in [0.25, 0.3) is 0 Å². The van der Waals surface area contributed by atoms with E-state index < -0.39 is 6.09 Å². The molecular weight excluding hydrogens is 366 g/mol. The SMILES string of the molecule is CC1CCN(c2ccc(NC(=O)CCCNC(=O)OCc3ccccc3)cc2)C1. The van der Waals surface area contributed by atoms with Crippen LogP contribution in [0.4, 0.5) is 16.2 Å². The number of hydrogen-bond donors (Lipinski definition) is 2. The topological polar surface area (TPSA) is 70.7 Å². The van der Waals surface area contributed by atoms with Crippen molar-refractivity contribution in [3.05, 3.63) is 60.2 Å². The highest BCUT2D eigenvalue weighted by Crippen LogP contribution is 2.24. The quantitative estimate of drug-likeness (QED) is 0.658. The number of ether oxygens (including phenoxy) is 1. The van der Waals surface area contributed by atoms with Crippen LogP contribution in [0, 0.1) is 5.92 Å². The first-order chi connectivity index (χ1) is 14.1. The summed E-state index contributed by atoms with van der Waals surface area (Å²) in [5, 5.41) is 5.57. The van der Waals surface area contributed by atoms with Crippen molar-refractivity contribution in [1.29, 1.82) is 0 Å². The van der Waals surface area contributed by atoms with Gasteiger partial charge in [-0.2, -0.15) is 0 Å². The molecule has 6 nitrogen and oxygen atoms in total. The van der Waals surface area contributed by atoms with Gasteiger partial charge in [-0.25, -0.2) is 4.79 Å². The molecule has 1 aliphatic rings. The highest BCUT2D eigenvalue weighted by atomic mass is 16.5. The molecule has 154 valence electrons. The van der Waals surface area contributed by atoms with E-state index in [1.54, 1.807) is 0 Å². The number of carbonyl (C=O) groups is 2. The number of rotatable bonds is 8. The number of carbonyl (C=O) groups excluding carboxylic acids is 2. The average molecular weight is 396 g/mol. The Labute approximate surface area is 172 Å². The molecule has 1 unspecified atom stereocenters. The molecule has 0 spiro atoms. The third-order valence-corrected chi connectivity index (χ3v) is 5.00. The summed E-state index contributed by atoms with van der Waals surface area (Å²) in [6, 6.07) is 17.5. The van der Waals surface area contributed by atoms with Crippen LogP contribution in [-0.2, 0) is 16.1 Å². The molecule has 29 heavy (non-hydrogen) atoms. The first-order valence-corrected chi connectivity index (χ1v) is 10.2. The van der Waals surface area contributed by atoms with Crippen molar-refractivity contribution >= 4 is 23.4 Å². The highest BCUT2D eigenvalue weighted by Gasteiger charge is 2.18. The van der Waals surface area contributed by atoms with Crippen LogP contribution >= 0.6 is 0 Å². The third-order valence-electron chi connectivity index (χ3n) is 5.00. The van der Waals surface area contributed by atoms with Gasteiger partial charge in [0, 0.05) is 37.4 Å². The van der Waals surface area contributed by atoms with Gasteiger partial charge in [-0.1, -0.05) is 37.3 Å². The zero-order valence-electron chi connectivity index (χ0n) is 16.9. The molecule has 1 aliphatic heterocycles. The Hall–Kier alpha value is -3.02. The van der Waals surface area contributed by atoms with Gasteiger partial charge in [0.05, 0.1) is 0 Å². The minimum atomic E-state index is -0.471. The summed E-state index contributed by atoms with van der Waals surface area (Å²) in [6.45, 7) is 5.08. The Morgan fingerprint density at radius 1 is 1.10 bits per heavy atom. The predicted molar refractivity (Wildman–Crippen MR) is 115 cm³/mol. The standard InChI is InChI=1S/C23H29N3O3/c1-18-13-15-26(16-18)21-11-9-20(10-12-21)25-22(27)8-5-14-24-23(28)29-17-19-6-3-2-4-7-19/h2-4,6-7,9-12,18H,5,8,13-17H2,1H3,(H,24,28)(H,25,27). The lowest BCUT2D eigenvalue weighted by Gasteiger charge is -2.18. The Morgan fingerprint density at radius 2 is 1.86 bits per heavy atom. The van der Waals surface area contributed by atoms with E-state index >= 15 is 0 Å². The molecule has 2 N–H and O–H groups in total. The van der Waals surface area contributed by atoms with Crippen molar-refractivity contribution in [2.24, 2.45) is 5.92 Å². The lowest BCUT2D eigenvalue weighted by molar-refractivity contribution is -0.116. The second-order valence-corrected chi connectivity index (χ2v) is 7.53. The zero-order chi connectivity index (χ0) is 20.5. The van der Waals surface area contributed by atoms with E-state index in [0.717, 1.165) is 30.3 Å². The van der Waals surface area contributed by atoms with Crippen molar-refractivity contribution in [2.45, 2.75) is 32.8 Å². The summed E-state index contributed by atoms with van der Waals surface area (Å²) in [4.78, 5) is 26.1. The maximum Gasteiger partial charge on any atom is 0.407 e. The van der Waals surface area contributed by atoms with Crippen molar-refractivity contribution in [3.63, 3.8) is 0 Å². The molecule has 1 atom stereocenters. The van der Waals surface area contributed by atoms with Crippen molar-refractivity contribution in [1.82, 2.24) is 5.32 Å². The minimum Gasteiger partial charge on any atom is -0.445 e. The second-order valence-electron chi connectivity index (χ2n) is 7.53. The van der Waals surface area contributed by atoms with Crippen molar-refractivity contribution in [3.8, 4) is 0 Å². The van der Waals surface area contributed by atoms with E-state index in [2.05, 4.69) is 34.6 Å². The molecule has 0 aliphatic carbocycles. The molecule has 1 fully saturated rings. The van der Waals surface area contributed by atoms with Crippen molar-refractivity contribution in [2.75, 3.05) is 29.9 Å². The van der Waals surface area contributed by atoms with Gasteiger partial charge in [0.1, 0.15) is 6.61 Å². The van der Waals surface area contributed by atoms with Crippen LogP contribution in [-0.4, -0.2) is 31.6 Å². The molecule has 2 aromatic rings. The van der Waals surface area contributed by atoms with Crippen LogP contribution in [0.15, 0.2) is 54.6 Å². The fourth-order valence-corrected chi connectivity index (χ4v) is 3.36. The lowest BCUT2D eigenvalue weighted by Crippen LogP contribution is -2.26. The highest BCUT2D eigenvalue weighted by molar-refractivity contribution is 5.90. The average Bonchev–Trinajstić information content (AvgIpc) is 3.17. The van der Waals surface area contributed by atoms with E-state index in [9.17, 15) is 9.59 Å². The monoisotopic (exact) mass is 395 g/mol. The maximum absolute atomic E-state index is 12.1. The smallest absolute Gasteiger partial charge is 0.407 e. The van der Waals surface area contributed by atoms with E-state index in [-0.39, 0.29) is 12.5 Å². The number of amides is 2. The van der Waals surface area contributed by atoms with Crippen LogP contribution < -0.4 is 15.5 Å². The molecule has 0 radical (unpaired) electrons. The Bertz CT molecular complexity index is 793. The number of nitrogens with zero attached hydrogens (tertiary/aromatic N) is 1. The summed E-state index contributed by atoms with van der Waals surface area (Å²) >= 11 is 0. The minimum absolute atomic E-state index is 0.0630. The predicted octanol–water partition coefficient (Wildman–Crippen LogP) is 4.18. The molecule has 1 saturated heterocycles. The first kappa shape index (κ1) is 20.7. The molecule has 2 amide bonds. The van der Waals surface area contributed by atoms with Crippen LogP contribution in [0.5, 0.6) is 0 Å². The van der Waals surface area contributed by atoms with E-state index in [0.29, 0.717) is 19.4 Å². The Balaban J connectivity index is 1.30. The fraction of sp³-hybridized carbons (Fsp3) is 0.391. The number of hydrogen-bond acceptors (Lipinski definition) is 4. The molecule has 2 aromatic carbocycles. The first-order valence-electron chi connectivity index (χ1n) is 10.2. The molecule has 1 heterocycles. The summed E-state index contributed by atoms with van der Waals surface area (Å²) in [5.74, 6) is 0.672. The van der Waals surface area contributed by atoms with Gasteiger partial charge in [0.25, 0.3) is 0 Å². The van der Waals surface area contributed by atoms with E-state index in [4.69, 9.17) is 4.74 Å². The molecule has 0 saturated carbocycles. The summed E-state index contributed by atoms with van der Waals surface area (Å²) in [6.07, 6.45) is 1.65. The number of nitrogens with one attached hydrogen (secondary N) is 2. The van der Waals surface area contributed by atoms with E-state index in [1.165, 1.54) is 12.1 Å². The molecule has 3 rings (SSSR count). The van der Waals surface area contributed by atoms with Gasteiger partial charge >= 0.3 is 6.09 Å². The number of anilines is 2. The molecular formula is C23H29N3O3. The van der Waals surface area contributed by atoms with Crippen LogP contribution in [0.2, 0.25) is 0 Å². The molecule has 0 bridgehead atoms. The Morgan fingerprint density at radius 3 is 2.55 bits per heavy atom.